The fourth-order valence-corrected chi connectivity index (χ4v) is 1.86. The summed E-state index contributed by atoms with van der Waals surface area (Å²) in [7, 11) is 0. The lowest BCUT2D eigenvalue weighted by Gasteiger charge is -2.32. The molecule has 1 radical (unpaired) electrons. The minimum Gasteiger partial charge on any atom is -0.490 e. The van der Waals surface area contributed by atoms with Crippen molar-refractivity contribution in [2.75, 3.05) is 13.1 Å². The van der Waals surface area contributed by atoms with Crippen molar-refractivity contribution in [3.8, 4) is 5.75 Å². The minimum absolute atomic E-state index is 0.160. The lowest BCUT2D eigenvalue weighted by atomic mass is 10.1. The van der Waals surface area contributed by atoms with Gasteiger partial charge in [-0.3, -0.25) is 5.41 Å². The third-order valence-electron chi connectivity index (χ3n) is 2.77. The Morgan fingerprint density at radius 2 is 2.00 bits per heavy atom. The van der Waals surface area contributed by atoms with Gasteiger partial charge >= 0.3 is 0 Å². The van der Waals surface area contributed by atoms with Crippen molar-refractivity contribution in [3.63, 3.8) is 0 Å². The normalized spacial score (nSPS) is 17.1. The first kappa shape index (κ1) is 10.8. The number of nitrogens with zero attached hydrogens (tertiary/aromatic N) is 1. The number of rotatable bonds is 2. The van der Waals surface area contributed by atoms with Crippen LogP contribution in [0.25, 0.3) is 0 Å². The topological polar surface area (TPSA) is 62.3 Å². The number of nitrogens with two attached hydrogens (primary N) is 1. The summed E-state index contributed by atoms with van der Waals surface area (Å²) >= 11 is 0. The molecule has 1 aromatic rings. The molecule has 85 valence electrons. The van der Waals surface area contributed by atoms with E-state index in [9.17, 15) is 0 Å². The highest BCUT2D eigenvalue weighted by Crippen LogP contribution is 2.17. The number of likely N-dealkylation sites (tertiary alicyclic amines) is 1. The molecular weight excluding hydrogens is 202 g/mol. The maximum Gasteiger partial charge on any atom is 0.188 e. The van der Waals surface area contributed by atoms with Gasteiger partial charge in [0.15, 0.2) is 5.96 Å². The lowest BCUT2D eigenvalue weighted by Crippen LogP contribution is -2.44. The van der Waals surface area contributed by atoms with Crippen LogP contribution in [-0.4, -0.2) is 30.1 Å². The zero-order valence-corrected chi connectivity index (χ0v) is 9.15. The maximum absolute atomic E-state index is 7.33. The average Bonchev–Trinajstić information content (AvgIpc) is 2.31. The Balaban J connectivity index is 1.84. The Bertz CT molecular complexity index is 345. The van der Waals surface area contributed by atoms with Gasteiger partial charge in [0.1, 0.15) is 11.9 Å². The molecule has 0 aromatic heterocycles. The number of nitrogens with one attached hydrogen (secondary N) is 1. The standard InChI is InChI=1S/C12H16N3O/c13-12(14)15-8-6-11(7-9-15)16-10-4-2-1-3-5-10/h2-5,11H,6-9H2,(H3,13,14). The van der Waals surface area contributed by atoms with E-state index in [1.807, 2.05) is 29.2 Å². The SMILES string of the molecule is N=C(N)N1CCC(Oc2cc[c]cc2)CC1. The van der Waals surface area contributed by atoms with Crippen molar-refractivity contribution < 1.29 is 4.74 Å². The van der Waals surface area contributed by atoms with E-state index >= 15 is 0 Å². The largest absolute Gasteiger partial charge is 0.490 e. The molecule has 0 atom stereocenters. The second-order valence-electron chi connectivity index (χ2n) is 3.93. The molecule has 1 aliphatic heterocycles. The zero-order chi connectivity index (χ0) is 11.4. The van der Waals surface area contributed by atoms with Crippen LogP contribution in [0.15, 0.2) is 24.3 Å². The number of hydrogen-bond acceptors (Lipinski definition) is 2. The van der Waals surface area contributed by atoms with Crippen LogP contribution < -0.4 is 10.5 Å². The highest BCUT2D eigenvalue weighted by atomic mass is 16.5. The van der Waals surface area contributed by atoms with E-state index in [0.717, 1.165) is 31.7 Å². The Hall–Kier alpha value is -1.71. The third kappa shape index (κ3) is 2.66. The quantitative estimate of drug-likeness (QED) is 0.579. The monoisotopic (exact) mass is 218 g/mol. The van der Waals surface area contributed by atoms with Crippen molar-refractivity contribution in [2.24, 2.45) is 5.73 Å². The predicted octanol–water partition coefficient (Wildman–Crippen LogP) is 1.22. The first-order chi connectivity index (χ1) is 7.75. The zero-order valence-electron chi connectivity index (χ0n) is 9.15. The molecule has 0 bridgehead atoms. The Morgan fingerprint density at radius 3 is 2.56 bits per heavy atom. The van der Waals surface area contributed by atoms with Gasteiger partial charge in [-0.2, -0.15) is 0 Å². The Kier molecular flexibility index (Phi) is 3.29. The third-order valence-corrected chi connectivity index (χ3v) is 2.77. The average molecular weight is 218 g/mol. The highest BCUT2D eigenvalue weighted by molar-refractivity contribution is 5.74. The van der Waals surface area contributed by atoms with E-state index < -0.39 is 0 Å². The molecule has 1 saturated heterocycles. The van der Waals surface area contributed by atoms with Gasteiger partial charge in [-0.25, -0.2) is 0 Å². The summed E-state index contributed by atoms with van der Waals surface area (Å²) in [6, 6.07) is 10.5. The fraction of sp³-hybridized carbons (Fsp3) is 0.417. The van der Waals surface area contributed by atoms with Crippen molar-refractivity contribution in [1.29, 1.82) is 5.41 Å². The predicted molar refractivity (Wildman–Crippen MR) is 62.4 cm³/mol. The molecule has 1 aliphatic rings. The number of benzene rings is 1. The molecule has 0 unspecified atom stereocenters. The van der Waals surface area contributed by atoms with Crippen LogP contribution in [0.1, 0.15) is 12.8 Å². The highest BCUT2D eigenvalue weighted by Gasteiger charge is 2.20. The maximum atomic E-state index is 7.33. The lowest BCUT2D eigenvalue weighted by molar-refractivity contribution is 0.130. The molecule has 1 aromatic carbocycles. The number of piperidine rings is 1. The van der Waals surface area contributed by atoms with Crippen LogP contribution in [0.4, 0.5) is 0 Å². The molecule has 0 aliphatic carbocycles. The minimum atomic E-state index is 0.160. The number of guanidine groups is 1. The first-order valence-electron chi connectivity index (χ1n) is 5.47. The second-order valence-corrected chi connectivity index (χ2v) is 3.93. The van der Waals surface area contributed by atoms with Gasteiger partial charge in [0.2, 0.25) is 0 Å². The molecule has 4 heteroatoms. The molecule has 1 fully saturated rings. The summed E-state index contributed by atoms with van der Waals surface area (Å²) < 4.78 is 5.83. The van der Waals surface area contributed by atoms with Gasteiger partial charge in [-0.1, -0.05) is 12.1 Å². The Morgan fingerprint density at radius 1 is 1.38 bits per heavy atom. The molecule has 0 saturated carbocycles. The molecule has 16 heavy (non-hydrogen) atoms. The fourth-order valence-electron chi connectivity index (χ4n) is 1.86. The number of hydrogen-bond donors (Lipinski definition) is 2. The van der Waals surface area contributed by atoms with Crippen molar-refractivity contribution in [1.82, 2.24) is 4.90 Å². The molecular formula is C12H16N3O. The Labute approximate surface area is 95.5 Å². The summed E-state index contributed by atoms with van der Waals surface area (Å²) in [5, 5.41) is 7.33. The van der Waals surface area contributed by atoms with E-state index in [-0.39, 0.29) is 12.1 Å². The summed E-state index contributed by atoms with van der Waals surface area (Å²) in [5.41, 5.74) is 5.43. The van der Waals surface area contributed by atoms with Crippen LogP contribution in [0.5, 0.6) is 5.75 Å². The molecule has 0 amide bonds. The van der Waals surface area contributed by atoms with E-state index in [1.165, 1.54) is 0 Å². The summed E-state index contributed by atoms with van der Waals surface area (Å²) in [4.78, 5) is 1.87. The van der Waals surface area contributed by atoms with Crippen LogP contribution in [0, 0.1) is 11.5 Å². The number of ether oxygens (including phenoxy) is 1. The molecule has 2 rings (SSSR count). The van der Waals surface area contributed by atoms with E-state index in [0.29, 0.717) is 0 Å². The van der Waals surface area contributed by atoms with Crippen LogP contribution >= 0.6 is 0 Å². The first-order valence-corrected chi connectivity index (χ1v) is 5.47. The van der Waals surface area contributed by atoms with Gasteiger partial charge in [-0.15, -0.1) is 0 Å². The van der Waals surface area contributed by atoms with Gasteiger partial charge < -0.3 is 15.4 Å². The van der Waals surface area contributed by atoms with Crippen molar-refractivity contribution >= 4 is 5.96 Å². The molecule has 1 heterocycles. The molecule has 3 N–H and O–H groups in total. The molecule has 4 nitrogen and oxygen atoms in total. The van der Waals surface area contributed by atoms with E-state index in [4.69, 9.17) is 15.9 Å². The van der Waals surface area contributed by atoms with Gasteiger partial charge in [-0.05, 0) is 18.2 Å². The van der Waals surface area contributed by atoms with E-state index in [1.54, 1.807) is 0 Å². The van der Waals surface area contributed by atoms with Crippen LogP contribution in [-0.2, 0) is 0 Å². The van der Waals surface area contributed by atoms with Crippen LogP contribution in [0.3, 0.4) is 0 Å². The summed E-state index contributed by atoms with van der Waals surface area (Å²) in [5.74, 6) is 1.05. The molecule has 0 spiro atoms. The van der Waals surface area contributed by atoms with Crippen LogP contribution in [0.2, 0.25) is 0 Å². The van der Waals surface area contributed by atoms with Gasteiger partial charge in [0, 0.05) is 25.9 Å². The van der Waals surface area contributed by atoms with Gasteiger partial charge in [0.25, 0.3) is 0 Å². The summed E-state index contributed by atoms with van der Waals surface area (Å²) in [6.45, 7) is 1.61. The van der Waals surface area contributed by atoms with E-state index in [2.05, 4.69) is 6.07 Å². The summed E-state index contributed by atoms with van der Waals surface area (Å²) in [6.07, 6.45) is 2.06. The second kappa shape index (κ2) is 4.88. The van der Waals surface area contributed by atoms with Gasteiger partial charge in [0.05, 0.1) is 0 Å². The van der Waals surface area contributed by atoms with Crippen molar-refractivity contribution in [3.05, 3.63) is 30.3 Å². The van der Waals surface area contributed by atoms with Crippen molar-refractivity contribution in [2.45, 2.75) is 18.9 Å². The smallest absolute Gasteiger partial charge is 0.188 e.